The molecule has 0 saturated heterocycles. The van der Waals surface area contributed by atoms with Gasteiger partial charge in [0.1, 0.15) is 12.1 Å². The minimum atomic E-state index is -1.19. The van der Waals surface area contributed by atoms with Crippen LogP contribution >= 0.6 is 12.6 Å². The number of nitrogens with one attached hydrogen (secondary N) is 3. The molecule has 0 fully saturated rings. The number of hydrogen-bond donors (Lipinski definition) is 6. The van der Waals surface area contributed by atoms with Crippen molar-refractivity contribution in [1.29, 1.82) is 0 Å². The summed E-state index contributed by atoms with van der Waals surface area (Å²) in [7, 11) is 0. The number of benzene rings is 1. The van der Waals surface area contributed by atoms with E-state index in [-0.39, 0.29) is 11.7 Å². The van der Waals surface area contributed by atoms with Crippen LogP contribution in [0.4, 0.5) is 0 Å². The number of H-pyrrole nitrogens is 1. The van der Waals surface area contributed by atoms with Gasteiger partial charge in [-0.2, -0.15) is 12.6 Å². The average molecular weight is 407 g/mol. The van der Waals surface area contributed by atoms with E-state index in [4.69, 9.17) is 10.8 Å². The van der Waals surface area contributed by atoms with Gasteiger partial charge in [-0.25, -0.2) is 4.79 Å². The third kappa shape index (κ3) is 5.26. The van der Waals surface area contributed by atoms with Gasteiger partial charge >= 0.3 is 5.97 Å². The number of aliphatic carboxylic acids is 1. The summed E-state index contributed by atoms with van der Waals surface area (Å²) in [6.07, 6.45) is 2.12. The van der Waals surface area contributed by atoms with Gasteiger partial charge in [-0.05, 0) is 24.0 Å². The van der Waals surface area contributed by atoms with Crippen LogP contribution in [-0.4, -0.2) is 51.8 Å². The Bertz CT molecular complexity index is 851. The summed E-state index contributed by atoms with van der Waals surface area (Å²) < 4.78 is 0. The molecule has 0 spiro atoms. The summed E-state index contributed by atoms with van der Waals surface area (Å²) in [6, 6.07) is 4.82. The second kappa shape index (κ2) is 9.61. The number of rotatable bonds is 9. The number of nitrogens with two attached hydrogens (primary N) is 1. The van der Waals surface area contributed by atoms with E-state index in [1.165, 1.54) is 0 Å². The predicted molar refractivity (Wildman–Crippen MR) is 110 cm³/mol. The third-order valence-electron chi connectivity index (χ3n) is 4.50. The molecule has 2 amide bonds. The molecule has 0 bridgehead atoms. The van der Waals surface area contributed by atoms with Crippen LogP contribution in [0.2, 0.25) is 0 Å². The quantitative estimate of drug-likeness (QED) is 0.340. The Morgan fingerprint density at radius 2 is 1.86 bits per heavy atom. The Kier molecular flexibility index (Phi) is 7.47. The van der Waals surface area contributed by atoms with Crippen molar-refractivity contribution in [3.05, 3.63) is 36.0 Å². The van der Waals surface area contributed by atoms with E-state index in [1.54, 1.807) is 13.8 Å². The first-order valence-corrected chi connectivity index (χ1v) is 9.62. The maximum atomic E-state index is 12.6. The monoisotopic (exact) mass is 406 g/mol. The van der Waals surface area contributed by atoms with Crippen LogP contribution in [-0.2, 0) is 20.8 Å². The zero-order valence-electron chi connectivity index (χ0n) is 15.8. The van der Waals surface area contributed by atoms with E-state index in [2.05, 4.69) is 28.2 Å². The van der Waals surface area contributed by atoms with Gasteiger partial charge in [0.2, 0.25) is 11.8 Å². The van der Waals surface area contributed by atoms with E-state index in [0.717, 1.165) is 16.5 Å². The molecule has 0 radical (unpaired) electrons. The van der Waals surface area contributed by atoms with Gasteiger partial charge in [0.05, 0.1) is 6.04 Å². The standard InChI is InChI=1S/C19H26N4O4S/c1-10(2)16(18(25)22-15(9-28)19(26)27)23-17(24)13(20)7-11-8-21-14-6-4-3-5-12(11)14/h3-6,8,10,13,15-16,21,28H,7,9,20H2,1-2H3,(H,22,25)(H,23,24)(H,26,27). The van der Waals surface area contributed by atoms with Crippen molar-refractivity contribution in [2.24, 2.45) is 11.7 Å². The molecule has 0 saturated carbocycles. The minimum absolute atomic E-state index is 0.0556. The summed E-state index contributed by atoms with van der Waals surface area (Å²) in [5.41, 5.74) is 7.92. The number of thiol groups is 1. The largest absolute Gasteiger partial charge is 0.480 e. The fourth-order valence-electron chi connectivity index (χ4n) is 2.87. The van der Waals surface area contributed by atoms with Crippen molar-refractivity contribution in [3.63, 3.8) is 0 Å². The first-order chi connectivity index (χ1) is 13.2. The molecule has 1 aromatic heterocycles. The van der Waals surface area contributed by atoms with Crippen LogP contribution < -0.4 is 16.4 Å². The van der Waals surface area contributed by atoms with Crippen molar-refractivity contribution in [2.75, 3.05) is 5.75 Å². The maximum absolute atomic E-state index is 12.6. The van der Waals surface area contributed by atoms with Crippen LogP contribution in [0.1, 0.15) is 19.4 Å². The Morgan fingerprint density at radius 1 is 1.18 bits per heavy atom. The number of carbonyl (C=O) groups excluding carboxylic acids is 2. The second-order valence-corrected chi connectivity index (χ2v) is 7.35. The van der Waals surface area contributed by atoms with Crippen molar-refractivity contribution in [1.82, 2.24) is 15.6 Å². The normalized spacial score (nSPS) is 14.5. The number of hydrogen-bond acceptors (Lipinski definition) is 5. The molecule has 6 N–H and O–H groups in total. The summed E-state index contributed by atoms with van der Waals surface area (Å²) in [4.78, 5) is 39.2. The molecule has 8 nitrogen and oxygen atoms in total. The van der Waals surface area contributed by atoms with Gasteiger partial charge < -0.3 is 26.5 Å². The highest BCUT2D eigenvalue weighted by Crippen LogP contribution is 2.18. The summed E-state index contributed by atoms with van der Waals surface area (Å²) in [5, 5.41) is 15.1. The van der Waals surface area contributed by atoms with Crippen LogP contribution in [0.15, 0.2) is 30.5 Å². The zero-order valence-corrected chi connectivity index (χ0v) is 16.7. The van der Waals surface area contributed by atoms with E-state index in [1.807, 2.05) is 30.5 Å². The molecule has 152 valence electrons. The first kappa shape index (κ1) is 21.8. The van der Waals surface area contributed by atoms with E-state index >= 15 is 0 Å². The molecule has 2 aromatic rings. The highest BCUT2D eigenvalue weighted by molar-refractivity contribution is 7.80. The highest BCUT2D eigenvalue weighted by Gasteiger charge is 2.29. The van der Waals surface area contributed by atoms with Crippen molar-refractivity contribution in [3.8, 4) is 0 Å². The SMILES string of the molecule is CC(C)C(NC(=O)C(N)Cc1c[nH]c2ccccc12)C(=O)NC(CS)C(=O)O. The lowest BCUT2D eigenvalue weighted by Gasteiger charge is -2.25. The number of aromatic nitrogens is 1. The molecule has 28 heavy (non-hydrogen) atoms. The first-order valence-electron chi connectivity index (χ1n) is 8.99. The van der Waals surface area contributed by atoms with Gasteiger partial charge in [-0.15, -0.1) is 0 Å². The lowest BCUT2D eigenvalue weighted by Crippen LogP contribution is -2.56. The van der Waals surface area contributed by atoms with Gasteiger partial charge in [-0.1, -0.05) is 32.0 Å². The number of carboxylic acid groups (broad SMARTS) is 1. The number of carboxylic acids is 1. The molecule has 0 aliphatic rings. The number of carbonyl (C=O) groups is 3. The Hall–Kier alpha value is -2.52. The summed E-state index contributed by atoms with van der Waals surface area (Å²) in [5.74, 6) is -2.55. The van der Waals surface area contributed by atoms with Gasteiger partial charge in [-0.3, -0.25) is 9.59 Å². The maximum Gasteiger partial charge on any atom is 0.327 e. The van der Waals surface area contributed by atoms with Crippen LogP contribution in [0.5, 0.6) is 0 Å². The molecule has 1 aromatic carbocycles. The van der Waals surface area contributed by atoms with E-state index in [0.29, 0.717) is 6.42 Å². The molecular formula is C19H26N4O4S. The smallest absolute Gasteiger partial charge is 0.327 e. The predicted octanol–water partition coefficient (Wildman–Crippen LogP) is 0.678. The Labute approximate surface area is 168 Å². The van der Waals surface area contributed by atoms with Crippen molar-refractivity contribution < 1.29 is 19.5 Å². The van der Waals surface area contributed by atoms with Gasteiger partial charge in [0.15, 0.2) is 0 Å². The van der Waals surface area contributed by atoms with E-state index in [9.17, 15) is 14.4 Å². The molecular weight excluding hydrogens is 380 g/mol. The summed E-state index contributed by atoms with van der Waals surface area (Å²) in [6.45, 7) is 3.51. The lowest BCUT2D eigenvalue weighted by atomic mass is 10.0. The minimum Gasteiger partial charge on any atom is -0.480 e. The van der Waals surface area contributed by atoms with Crippen LogP contribution in [0, 0.1) is 5.92 Å². The molecule has 9 heteroatoms. The molecule has 0 aliphatic heterocycles. The molecule has 3 unspecified atom stereocenters. The van der Waals surface area contributed by atoms with Crippen molar-refractivity contribution in [2.45, 2.75) is 38.4 Å². The van der Waals surface area contributed by atoms with Crippen molar-refractivity contribution >= 4 is 41.3 Å². The molecule has 0 aliphatic carbocycles. The molecule has 3 atom stereocenters. The fraction of sp³-hybridized carbons (Fsp3) is 0.421. The Balaban J connectivity index is 2.04. The number of amides is 2. The zero-order chi connectivity index (χ0) is 20.8. The number of para-hydroxylation sites is 1. The van der Waals surface area contributed by atoms with Crippen LogP contribution in [0.3, 0.4) is 0 Å². The Morgan fingerprint density at radius 3 is 2.46 bits per heavy atom. The summed E-state index contributed by atoms with van der Waals surface area (Å²) >= 11 is 3.93. The second-order valence-electron chi connectivity index (χ2n) is 6.98. The number of aromatic amines is 1. The highest BCUT2D eigenvalue weighted by atomic mass is 32.1. The van der Waals surface area contributed by atoms with E-state index < -0.39 is 35.9 Å². The lowest BCUT2D eigenvalue weighted by molar-refractivity contribution is -0.141. The number of fused-ring (bicyclic) bond motifs is 1. The molecule has 1 heterocycles. The third-order valence-corrected chi connectivity index (χ3v) is 4.86. The van der Waals surface area contributed by atoms with Gasteiger partial charge in [0, 0.05) is 22.9 Å². The average Bonchev–Trinajstić information content (AvgIpc) is 3.06. The fourth-order valence-corrected chi connectivity index (χ4v) is 3.12. The topological polar surface area (TPSA) is 137 Å². The molecule has 2 rings (SSSR count). The van der Waals surface area contributed by atoms with Crippen LogP contribution in [0.25, 0.3) is 10.9 Å². The van der Waals surface area contributed by atoms with Gasteiger partial charge in [0.25, 0.3) is 0 Å².